The minimum atomic E-state index is -0.861. The van der Waals surface area contributed by atoms with Gasteiger partial charge >= 0.3 is 5.97 Å². The van der Waals surface area contributed by atoms with Crippen molar-refractivity contribution < 1.29 is 19.1 Å². The number of hydrogen-bond donors (Lipinski definition) is 3. The predicted octanol–water partition coefficient (Wildman–Crippen LogP) is 0.721. The number of carboxylic acid groups (broad SMARTS) is 1. The predicted molar refractivity (Wildman–Crippen MR) is 62.8 cm³/mol. The number of carboxylic acids is 1. The van der Waals surface area contributed by atoms with Gasteiger partial charge in [0.25, 0.3) is 5.91 Å². The van der Waals surface area contributed by atoms with Gasteiger partial charge in [-0.25, -0.2) is 0 Å². The van der Waals surface area contributed by atoms with Crippen LogP contribution in [0.1, 0.15) is 35.6 Å². The van der Waals surface area contributed by atoms with Crippen molar-refractivity contribution in [2.45, 2.75) is 31.8 Å². The summed E-state index contributed by atoms with van der Waals surface area (Å²) in [6, 6.07) is 2.86. The van der Waals surface area contributed by atoms with Crippen LogP contribution in [0.3, 0.4) is 0 Å². The molecule has 2 rings (SSSR count). The minimum Gasteiger partial charge on any atom is -0.481 e. The quantitative estimate of drug-likeness (QED) is 0.732. The molecule has 6 nitrogen and oxygen atoms in total. The zero-order valence-corrected chi connectivity index (χ0v) is 9.89. The SMILES string of the molecule is NCc1ccc(C(=O)NC2CCCC2C(=O)O)o1. The van der Waals surface area contributed by atoms with Gasteiger partial charge in [-0.15, -0.1) is 0 Å². The van der Waals surface area contributed by atoms with Crippen molar-refractivity contribution in [3.8, 4) is 0 Å². The summed E-state index contributed by atoms with van der Waals surface area (Å²) in [5.74, 6) is -1.04. The van der Waals surface area contributed by atoms with E-state index in [0.29, 0.717) is 18.6 Å². The van der Waals surface area contributed by atoms with Crippen LogP contribution in [-0.2, 0) is 11.3 Å². The van der Waals surface area contributed by atoms with Crippen LogP contribution in [0.5, 0.6) is 0 Å². The molecule has 1 aromatic heterocycles. The van der Waals surface area contributed by atoms with E-state index in [9.17, 15) is 9.59 Å². The number of nitrogens with two attached hydrogens (primary N) is 1. The van der Waals surface area contributed by atoms with Gasteiger partial charge in [-0.05, 0) is 25.0 Å². The summed E-state index contributed by atoms with van der Waals surface area (Å²) in [6.07, 6.45) is 2.10. The fourth-order valence-electron chi connectivity index (χ4n) is 2.28. The van der Waals surface area contributed by atoms with Crippen LogP contribution in [0, 0.1) is 5.92 Å². The van der Waals surface area contributed by atoms with Gasteiger partial charge in [0.1, 0.15) is 5.76 Å². The van der Waals surface area contributed by atoms with Crippen molar-refractivity contribution in [3.05, 3.63) is 23.7 Å². The molecule has 6 heteroatoms. The molecule has 2 unspecified atom stereocenters. The number of carbonyl (C=O) groups excluding carboxylic acids is 1. The maximum atomic E-state index is 11.9. The van der Waals surface area contributed by atoms with Crippen LogP contribution in [0.2, 0.25) is 0 Å². The molecule has 18 heavy (non-hydrogen) atoms. The van der Waals surface area contributed by atoms with E-state index in [0.717, 1.165) is 6.42 Å². The molecule has 98 valence electrons. The second-order valence-electron chi connectivity index (χ2n) is 4.43. The van der Waals surface area contributed by atoms with Crippen molar-refractivity contribution in [3.63, 3.8) is 0 Å². The fraction of sp³-hybridized carbons (Fsp3) is 0.500. The molecule has 0 saturated heterocycles. The fourth-order valence-corrected chi connectivity index (χ4v) is 2.28. The van der Waals surface area contributed by atoms with E-state index in [4.69, 9.17) is 15.3 Å². The number of aliphatic carboxylic acids is 1. The van der Waals surface area contributed by atoms with Crippen LogP contribution < -0.4 is 11.1 Å². The van der Waals surface area contributed by atoms with Gasteiger partial charge in [0.2, 0.25) is 0 Å². The Morgan fingerprint density at radius 2 is 2.22 bits per heavy atom. The standard InChI is InChI=1S/C12H16N2O4/c13-6-7-4-5-10(18-7)11(15)14-9-3-1-2-8(9)12(16)17/h4-5,8-9H,1-3,6,13H2,(H,14,15)(H,16,17). The first-order chi connectivity index (χ1) is 8.61. The van der Waals surface area contributed by atoms with E-state index >= 15 is 0 Å². The Kier molecular flexibility index (Phi) is 3.66. The molecule has 0 aromatic carbocycles. The summed E-state index contributed by atoms with van der Waals surface area (Å²) >= 11 is 0. The zero-order valence-electron chi connectivity index (χ0n) is 9.89. The lowest BCUT2D eigenvalue weighted by molar-refractivity contribution is -0.142. The number of nitrogens with one attached hydrogen (secondary N) is 1. The maximum Gasteiger partial charge on any atom is 0.308 e. The number of carbonyl (C=O) groups is 2. The van der Waals surface area contributed by atoms with Crippen LogP contribution in [0.4, 0.5) is 0 Å². The van der Waals surface area contributed by atoms with E-state index in [-0.39, 0.29) is 24.3 Å². The van der Waals surface area contributed by atoms with E-state index in [1.165, 1.54) is 0 Å². The summed E-state index contributed by atoms with van der Waals surface area (Å²) in [5, 5.41) is 11.7. The highest BCUT2D eigenvalue weighted by Gasteiger charge is 2.34. The Hall–Kier alpha value is -1.82. The second-order valence-corrected chi connectivity index (χ2v) is 4.43. The average molecular weight is 252 g/mol. The first-order valence-electron chi connectivity index (χ1n) is 5.94. The monoisotopic (exact) mass is 252 g/mol. The molecule has 1 aromatic rings. The highest BCUT2D eigenvalue weighted by Crippen LogP contribution is 2.26. The van der Waals surface area contributed by atoms with Gasteiger partial charge in [-0.3, -0.25) is 9.59 Å². The molecule has 0 aliphatic heterocycles. The zero-order chi connectivity index (χ0) is 13.1. The Labute approximate surface area is 104 Å². The molecule has 1 fully saturated rings. The van der Waals surface area contributed by atoms with Crippen LogP contribution in [-0.4, -0.2) is 23.0 Å². The molecule has 1 heterocycles. The Morgan fingerprint density at radius 3 is 2.83 bits per heavy atom. The Morgan fingerprint density at radius 1 is 1.44 bits per heavy atom. The minimum absolute atomic E-state index is 0.173. The van der Waals surface area contributed by atoms with Gasteiger partial charge in [-0.1, -0.05) is 6.42 Å². The molecule has 1 amide bonds. The highest BCUT2D eigenvalue weighted by molar-refractivity contribution is 5.92. The van der Waals surface area contributed by atoms with Gasteiger partial charge in [0, 0.05) is 6.04 Å². The van der Waals surface area contributed by atoms with Gasteiger partial charge in [-0.2, -0.15) is 0 Å². The molecule has 1 saturated carbocycles. The molecule has 4 N–H and O–H groups in total. The van der Waals surface area contributed by atoms with Crippen molar-refractivity contribution in [1.82, 2.24) is 5.32 Å². The van der Waals surface area contributed by atoms with Crippen LogP contribution in [0.25, 0.3) is 0 Å². The summed E-state index contributed by atoms with van der Waals surface area (Å²) in [5.41, 5.74) is 5.39. The molecular formula is C12H16N2O4. The lowest BCUT2D eigenvalue weighted by Crippen LogP contribution is -2.40. The van der Waals surface area contributed by atoms with E-state index in [1.54, 1.807) is 12.1 Å². The average Bonchev–Trinajstić information content (AvgIpc) is 2.96. The Balaban J connectivity index is 2.00. The third-order valence-electron chi connectivity index (χ3n) is 3.24. The van der Waals surface area contributed by atoms with Gasteiger partial charge in [0.05, 0.1) is 12.5 Å². The number of amides is 1. The van der Waals surface area contributed by atoms with Crippen LogP contribution in [0.15, 0.2) is 16.5 Å². The van der Waals surface area contributed by atoms with Gasteiger partial charge in [0.15, 0.2) is 5.76 Å². The maximum absolute atomic E-state index is 11.9. The molecule has 1 aliphatic carbocycles. The molecule has 0 radical (unpaired) electrons. The third kappa shape index (κ3) is 2.53. The Bertz CT molecular complexity index is 455. The molecular weight excluding hydrogens is 236 g/mol. The van der Waals surface area contributed by atoms with Gasteiger partial charge < -0.3 is 20.6 Å². The first kappa shape index (κ1) is 12.6. The van der Waals surface area contributed by atoms with Crippen molar-refractivity contribution in [1.29, 1.82) is 0 Å². The summed E-state index contributed by atoms with van der Waals surface area (Å²) in [4.78, 5) is 22.8. The summed E-state index contributed by atoms with van der Waals surface area (Å²) in [7, 11) is 0. The van der Waals surface area contributed by atoms with Crippen molar-refractivity contribution in [2.24, 2.45) is 11.7 Å². The smallest absolute Gasteiger partial charge is 0.308 e. The van der Waals surface area contributed by atoms with Crippen LogP contribution >= 0.6 is 0 Å². The van der Waals surface area contributed by atoms with E-state index < -0.39 is 11.9 Å². The number of rotatable bonds is 4. The highest BCUT2D eigenvalue weighted by atomic mass is 16.4. The van der Waals surface area contributed by atoms with Crippen molar-refractivity contribution in [2.75, 3.05) is 0 Å². The van der Waals surface area contributed by atoms with E-state index in [2.05, 4.69) is 5.32 Å². The number of furan rings is 1. The lowest BCUT2D eigenvalue weighted by Gasteiger charge is -2.16. The molecule has 0 bridgehead atoms. The normalized spacial score (nSPS) is 22.9. The topological polar surface area (TPSA) is 106 Å². The number of hydrogen-bond acceptors (Lipinski definition) is 4. The first-order valence-corrected chi connectivity index (χ1v) is 5.94. The van der Waals surface area contributed by atoms with E-state index in [1.807, 2.05) is 0 Å². The lowest BCUT2D eigenvalue weighted by atomic mass is 10.0. The second kappa shape index (κ2) is 5.22. The summed E-state index contributed by atoms with van der Waals surface area (Å²) < 4.78 is 5.22. The third-order valence-corrected chi connectivity index (χ3v) is 3.24. The van der Waals surface area contributed by atoms with Crippen molar-refractivity contribution >= 4 is 11.9 Å². The molecule has 1 aliphatic rings. The largest absolute Gasteiger partial charge is 0.481 e. The molecule has 0 spiro atoms. The molecule has 2 atom stereocenters. The summed E-state index contributed by atoms with van der Waals surface area (Å²) in [6.45, 7) is 0.231.